The minimum absolute atomic E-state index is 0.0148. The van der Waals surface area contributed by atoms with Crippen molar-refractivity contribution >= 4 is 0 Å². The first kappa shape index (κ1) is 34.9. The summed E-state index contributed by atoms with van der Waals surface area (Å²) in [5.74, 6) is 3.53. The molecule has 0 fully saturated rings. The molecule has 0 aliphatic carbocycles. The SMILES string of the molecule is CCCc1cccc(Oc2ccc(O)c(Oc3cccc(CCC)c3CCC)c2Oc2cccc(CCC)c2CCC)c1CCC. The maximum absolute atomic E-state index is 11.4. The minimum atomic E-state index is 0.0148. The topological polar surface area (TPSA) is 47.9 Å². The van der Waals surface area contributed by atoms with Gasteiger partial charge in [-0.1, -0.05) is 116 Å². The largest absolute Gasteiger partial charge is 0.504 e. The van der Waals surface area contributed by atoms with Crippen LogP contribution in [0.5, 0.6) is 40.2 Å². The first-order chi connectivity index (χ1) is 22.5. The van der Waals surface area contributed by atoms with Gasteiger partial charge in [-0.05, 0) is 102 Å². The average Bonchev–Trinajstić information content (AvgIpc) is 3.05. The lowest BCUT2D eigenvalue weighted by atomic mass is 9.98. The summed E-state index contributed by atoms with van der Waals surface area (Å²) in [7, 11) is 0. The zero-order chi connectivity index (χ0) is 32.9. The Bertz CT molecular complexity index is 1550. The van der Waals surface area contributed by atoms with Crippen LogP contribution >= 0.6 is 0 Å². The fourth-order valence-corrected chi connectivity index (χ4v) is 6.38. The summed E-state index contributed by atoms with van der Waals surface area (Å²) in [6.07, 6.45) is 11.9. The van der Waals surface area contributed by atoms with E-state index in [2.05, 4.69) is 71.9 Å². The van der Waals surface area contributed by atoms with Gasteiger partial charge in [0.25, 0.3) is 0 Å². The molecule has 0 heterocycles. The molecule has 0 saturated carbocycles. The number of rotatable bonds is 18. The Balaban J connectivity index is 1.92. The third-order valence-electron chi connectivity index (χ3n) is 8.45. The Labute approximate surface area is 277 Å². The number of hydrogen-bond acceptors (Lipinski definition) is 4. The van der Waals surface area contributed by atoms with Crippen LogP contribution in [0.4, 0.5) is 0 Å². The molecule has 0 radical (unpaired) electrons. The Morgan fingerprint density at radius 3 is 1.15 bits per heavy atom. The van der Waals surface area contributed by atoms with E-state index in [9.17, 15) is 5.11 Å². The summed E-state index contributed by atoms with van der Waals surface area (Å²) in [5.41, 5.74) is 7.49. The highest BCUT2D eigenvalue weighted by atomic mass is 16.5. The second kappa shape index (κ2) is 17.7. The Kier molecular flexibility index (Phi) is 13.4. The molecular formula is C42H54O4. The molecule has 4 rings (SSSR count). The number of aromatic hydroxyl groups is 1. The molecule has 0 aliphatic heterocycles. The molecule has 0 bridgehead atoms. The van der Waals surface area contributed by atoms with Crippen molar-refractivity contribution in [1.82, 2.24) is 0 Å². The summed E-state index contributed by atoms with van der Waals surface area (Å²) >= 11 is 0. The van der Waals surface area contributed by atoms with E-state index in [1.807, 2.05) is 24.3 Å². The molecule has 0 unspecified atom stereocenters. The van der Waals surface area contributed by atoms with E-state index >= 15 is 0 Å². The van der Waals surface area contributed by atoms with Gasteiger partial charge in [0, 0.05) is 0 Å². The highest BCUT2D eigenvalue weighted by Crippen LogP contribution is 2.50. The molecule has 0 aromatic heterocycles. The molecule has 0 spiro atoms. The zero-order valence-electron chi connectivity index (χ0n) is 29.0. The van der Waals surface area contributed by atoms with Crippen LogP contribution in [0.15, 0.2) is 66.7 Å². The second-order valence-corrected chi connectivity index (χ2v) is 12.2. The molecule has 4 aromatic rings. The fraction of sp³-hybridized carbons (Fsp3) is 0.429. The summed E-state index contributed by atoms with van der Waals surface area (Å²) in [5, 5.41) is 11.4. The van der Waals surface area contributed by atoms with Crippen LogP contribution in [0.2, 0.25) is 0 Å². The van der Waals surface area contributed by atoms with Gasteiger partial charge in [0.15, 0.2) is 11.5 Å². The Hall–Kier alpha value is -3.92. The van der Waals surface area contributed by atoms with Gasteiger partial charge in [-0.15, -0.1) is 0 Å². The quantitative estimate of drug-likeness (QED) is 0.120. The summed E-state index contributed by atoms with van der Waals surface area (Å²) in [4.78, 5) is 0. The van der Waals surface area contributed by atoms with E-state index in [1.54, 1.807) is 12.1 Å². The molecule has 4 nitrogen and oxygen atoms in total. The van der Waals surface area contributed by atoms with Crippen molar-refractivity contribution in [3.05, 3.63) is 100 Å². The fourth-order valence-electron chi connectivity index (χ4n) is 6.38. The molecular weight excluding hydrogens is 568 g/mol. The first-order valence-electron chi connectivity index (χ1n) is 17.7. The molecule has 246 valence electrons. The molecule has 0 amide bonds. The maximum Gasteiger partial charge on any atom is 0.216 e. The molecule has 0 saturated heterocycles. The maximum atomic E-state index is 11.4. The number of phenolic OH excluding ortho intramolecular Hbond substituents is 1. The van der Waals surface area contributed by atoms with E-state index < -0.39 is 0 Å². The molecule has 1 N–H and O–H groups in total. The van der Waals surface area contributed by atoms with E-state index in [4.69, 9.17) is 14.2 Å². The van der Waals surface area contributed by atoms with Crippen molar-refractivity contribution in [2.45, 2.75) is 119 Å². The van der Waals surface area contributed by atoms with Gasteiger partial charge in [0.1, 0.15) is 17.2 Å². The predicted molar refractivity (Wildman–Crippen MR) is 192 cm³/mol. The smallest absolute Gasteiger partial charge is 0.216 e. The van der Waals surface area contributed by atoms with Crippen molar-refractivity contribution in [2.24, 2.45) is 0 Å². The zero-order valence-corrected chi connectivity index (χ0v) is 29.0. The number of hydrogen-bond donors (Lipinski definition) is 1. The molecule has 0 aliphatic rings. The Morgan fingerprint density at radius 2 is 0.761 bits per heavy atom. The third kappa shape index (κ3) is 8.46. The lowest BCUT2D eigenvalue weighted by molar-refractivity contribution is 0.358. The van der Waals surface area contributed by atoms with Gasteiger partial charge >= 0.3 is 0 Å². The van der Waals surface area contributed by atoms with E-state index in [0.29, 0.717) is 11.5 Å². The van der Waals surface area contributed by atoms with Gasteiger partial charge in [0.05, 0.1) is 0 Å². The summed E-state index contributed by atoms with van der Waals surface area (Å²) in [6.45, 7) is 13.2. The van der Waals surface area contributed by atoms with Crippen molar-refractivity contribution in [3.63, 3.8) is 0 Å². The number of phenols is 1. The van der Waals surface area contributed by atoms with Crippen LogP contribution in [0, 0.1) is 0 Å². The van der Waals surface area contributed by atoms with Crippen LogP contribution in [0.25, 0.3) is 0 Å². The van der Waals surface area contributed by atoms with Crippen molar-refractivity contribution in [3.8, 4) is 40.2 Å². The van der Waals surface area contributed by atoms with Gasteiger partial charge in [-0.3, -0.25) is 0 Å². The van der Waals surface area contributed by atoms with Gasteiger partial charge < -0.3 is 19.3 Å². The lowest BCUT2D eigenvalue weighted by Crippen LogP contribution is -2.03. The lowest BCUT2D eigenvalue weighted by Gasteiger charge is -2.22. The van der Waals surface area contributed by atoms with Crippen LogP contribution < -0.4 is 14.2 Å². The van der Waals surface area contributed by atoms with Gasteiger partial charge in [-0.2, -0.15) is 0 Å². The molecule has 4 heteroatoms. The Morgan fingerprint density at radius 1 is 0.391 bits per heavy atom. The van der Waals surface area contributed by atoms with Crippen LogP contribution in [0.3, 0.4) is 0 Å². The minimum Gasteiger partial charge on any atom is -0.504 e. The van der Waals surface area contributed by atoms with Crippen molar-refractivity contribution in [2.75, 3.05) is 0 Å². The van der Waals surface area contributed by atoms with Crippen molar-refractivity contribution in [1.29, 1.82) is 0 Å². The van der Waals surface area contributed by atoms with Gasteiger partial charge in [0.2, 0.25) is 11.5 Å². The second-order valence-electron chi connectivity index (χ2n) is 12.2. The number of ether oxygens (including phenoxy) is 3. The monoisotopic (exact) mass is 622 g/mol. The normalized spacial score (nSPS) is 11.1. The molecule has 46 heavy (non-hydrogen) atoms. The van der Waals surface area contributed by atoms with E-state index in [-0.39, 0.29) is 11.5 Å². The van der Waals surface area contributed by atoms with Crippen LogP contribution in [-0.2, 0) is 38.5 Å². The summed E-state index contributed by atoms with van der Waals surface area (Å²) < 4.78 is 20.4. The molecule has 4 aromatic carbocycles. The predicted octanol–water partition coefficient (Wildman–Crippen LogP) is 12.5. The standard InChI is InChI=1S/C42H54O4/c1-7-16-30-22-13-25-37(33(30)19-10-4)44-40-29-28-36(43)41(45-38-26-14-23-31(17-8-2)34(38)20-11-5)42(40)46-39-27-15-24-32(18-9-3)35(39)21-12-6/h13-15,22-29,43H,7-12,16-21H2,1-6H3. The highest BCUT2D eigenvalue weighted by Gasteiger charge is 2.24. The van der Waals surface area contributed by atoms with Gasteiger partial charge in [-0.25, -0.2) is 0 Å². The number of benzene rings is 4. The molecule has 0 atom stereocenters. The first-order valence-corrected chi connectivity index (χ1v) is 17.7. The van der Waals surface area contributed by atoms with Crippen LogP contribution in [0.1, 0.15) is 113 Å². The van der Waals surface area contributed by atoms with Crippen molar-refractivity contribution < 1.29 is 19.3 Å². The summed E-state index contributed by atoms with van der Waals surface area (Å²) in [6, 6.07) is 22.3. The third-order valence-corrected chi connectivity index (χ3v) is 8.45. The van der Waals surface area contributed by atoms with E-state index in [1.165, 1.54) is 33.4 Å². The number of aryl methyl sites for hydroxylation is 3. The average molecular weight is 623 g/mol. The van der Waals surface area contributed by atoms with Crippen LogP contribution in [-0.4, -0.2) is 5.11 Å². The highest BCUT2D eigenvalue weighted by molar-refractivity contribution is 5.63. The van der Waals surface area contributed by atoms with E-state index in [0.717, 1.165) is 94.3 Å².